The molecule has 0 atom stereocenters. The molecule has 0 aliphatic heterocycles. The normalized spacial score (nSPS) is 10.4. The van der Waals surface area contributed by atoms with Crippen molar-refractivity contribution in [2.45, 2.75) is 6.61 Å². The molecule has 0 saturated heterocycles. The van der Waals surface area contributed by atoms with Crippen LogP contribution in [0.3, 0.4) is 0 Å². The molecule has 0 bridgehead atoms. The van der Waals surface area contributed by atoms with Crippen molar-refractivity contribution in [2.24, 2.45) is 0 Å². The van der Waals surface area contributed by atoms with E-state index in [0.717, 1.165) is 0 Å². The zero-order valence-electron chi connectivity index (χ0n) is 17.0. The fourth-order valence-corrected chi connectivity index (χ4v) is 2.57. The zero-order chi connectivity index (χ0) is 21.5. The monoisotopic (exact) mass is 415 g/mol. The van der Waals surface area contributed by atoms with Gasteiger partial charge < -0.3 is 28.3 Å². The molecule has 0 amide bonds. The molecule has 0 spiro atoms. The Kier molecular flexibility index (Phi) is 6.63. The number of ether oxygens (including phenoxy) is 4. The average molecular weight is 415 g/mol. The standard InChI is InChI=1S/C19H21N5O6/c1-24(19-20-6-5-7-21-19)10-16(25)29-11-15-22-23-18(30-15)12-8-13(26-2)17(28-4)14(9-12)27-3/h5-9H,10-11H2,1-4H3. The SMILES string of the molecule is COc1cc(-c2nnc(COC(=O)CN(C)c3ncccn3)o2)cc(OC)c1OC. The fraction of sp³-hybridized carbons (Fsp3) is 0.316. The van der Waals surface area contributed by atoms with Crippen LogP contribution in [0.4, 0.5) is 5.95 Å². The lowest BCUT2D eigenvalue weighted by Crippen LogP contribution is -2.28. The van der Waals surface area contributed by atoms with Crippen LogP contribution in [0.15, 0.2) is 35.0 Å². The molecule has 158 valence electrons. The van der Waals surface area contributed by atoms with E-state index in [1.165, 1.54) is 21.3 Å². The summed E-state index contributed by atoms with van der Waals surface area (Å²) in [5, 5.41) is 7.90. The van der Waals surface area contributed by atoms with Crippen molar-refractivity contribution < 1.29 is 28.2 Å². The number of esters is 1. The molecule has 11 nitrogen and oxygen atoms in total. The molecule has 30 heavy (non-hydrogen) atoms. The van der Waals surface area contributed by atoms with Crippen LogP contribution in [0, 0.1) is 0 Å². The molecule has 11 heteroatoms. The Bertz CT molecular complexity index is 969. The first-order valence-corrected chi connectivity index (χ1v) is 8.82. The van der Waals surface area contributed by atoms with Crippen molar-refractivity contribution in [2.75, 3.05) is 39.8 Å². The minimum atomic E-state index is -0.488. The third-order valence-corrected chi connectivity index (χ3v) is 3.99. The predicted molar refractivity (Wildman–Crippen MR) is 104 cm³/mol. The average Bonchev–Trinajstić information content (AvgIpc) is 3.26. The maximum Gasteiger partial charge on any atom is 0.326 e. The van der Waals surface area contributed by atoms with Gasteiger partial charge in [0, 0.05) is 25.0 Å². The van der Waals surface area contributed by atoms with Crippen LogP contribution in [0.25, 0.3) is 11.5 Å². The van der Waals surface area contributed by atoms with E-state index in [-0.39, 0.29) is 24.9 Å². The molecule has 0 aliphatic rings. The Labute approximate surface area is 172 Å². The van der Waals surface area contributed by atoms with E-state index in [1.807, 2.05) is 0 Å². The summed E-state index contributed by atoms with van der Waals surface area (Å²) in [7, 11) is 6.22. The molecular weight excluding hydrogens is 394 g/mol. The van der Waals surface area contributed by atoms with E-state index in [0.29, 0.717) is 28.8 Å². The van der Waals surface area contributed by atoms with Gasteiger partial charge in [0.25, 0.3) is 5.89 Å². The van der Waals surface area contributed by atoms with E-state index in [2.05, 4.69) is 20.2 Å². The highest BCUT2D eigenvalue weighted by Gasteiger charge is 2.18. The molecule has 0 unspecified atom stereocenters. The van der Waals surface area contributed by atoms with Gasteiger partial charge in [0.15, 0.2) is 18.1 Å². The van der Waals surface area contributed by atoms with E-state index in [1.54, 1.807) is 42.5 Å². The number of aromatic nitrogens is 4. The van der Waals surface area contributed by atoms with E-state index in [4.69, 9.17) is 23.4 Å². The maximum atomic E-state index is 12.1. The Morgan fingerprint density at radius 2 is 1.70 bits per heavy atom. The van der Waals surface area contributed by atoms with Crippen LogP contribution in [-0.2, 0) is 16.1 Å². The van der Waals surface area contributed by atoms with Gasteiger partial charge in [-0.05, 0) is 18.2 Å². The number of rotatable bonds is 9. The number of carbonyl (C=O) groups is 1. The largest absolute Gasteiger partial charge is 0.493 e. The first kappa shape index (κ1) is 20.8. The summed E-state index contributed by atoms with van der Waals surface area (Å²) in [6.45, 7) is -0.197. The summed E-state index contributed by atoms with van der Waals surface area (Å²) >= 11 is 0. The summed E-state index contributed by atoms with van der Waals surface area (Å²) in [5.74, 6) is 1.63. The fourth-order valence-electron chi connectivity index (χ4n) is 2.57. The third-order valence-electron chi connectivity index (χ3n) is 3.99. The lowest BCUT2D eigenvalue weighted by atomic mass is 10.2. The van der Waals surface area contributed by atoms with Gasteiger partial charge in [-0.15, -0.1) is 10.2 Å². The molecule has 0 aliphatic carbocycles. The minimum Gasteiger partial charge on any atom is -0.493 e. The van der Waals surface area contributed by atoms with Crippen LogP contribution in [-0.4, -0.2) is 61.1 Å². The van der Waals surface area contributed by atoms with Crippen LogP contribution < -0.4 is 19.1 Å². The van der Waals surface area contributed by atoms with E-state index < -0.39 is 5.97 Å². The van der Waals surface area contributed by atoms with Gasteiger partial charge in [-0.25, -0.2) is 9.97 Å². The summed E-state index contributed by atoms with van der Waals surface area (Å²) in [6, 6.07) is 5.05. The number of likely N-dealkylation sites (N-methyl/N-ethyl adjacent to an activating group) is 1. The number of benzene rings is 1. The second-order valence-electron chi connectivity index (χ2n) is 5.98. The number of nitrogens with zero attached hydrogens (tertiary/aromatic N) is 5. The van der Waals surface area contributed by atoms with Crippen LogP contribution in [0.5, 0.6) is 17.2 Å². The highest BCUT2D eigenvalue weighted by atomic mass is 16.5. The quantitative estimate of drug-likeness (QED) is 0.475. The number of hydrogen-bond donors (Lipinski definition) is 0. The predicted octanol–water partition coefficient (Wildman–Crippen LogP) is 1.73. The van der Waals surface area contributed by atoms with Gasteiger partial charge in [-0.1, -0.05) is 0 Å². The topological polar surface area (TPSA) is 122 Å². The molecule has 0 N–H and O–H groups in total. The van der Waals surface area contributed by atoms with Crippen molar-refractivity contribution >= 4 is 11.9 Å². The van der Waals surface area contributed by atoms with Crippen LogP contribution in [0.2, 0.25) is 0 Å². The van der Waals surface area contributed by atoms with Gasteiger partial charge in [0.2, 0.25) is 17.6 Å². The number of hydrogen-bond acceptors (Lipinski definition) is 11. The summed E-state index contributed by atoms with van der Waals surface area (Å²) in [6.07, 6.45) is 3.18. The molecule has 0 radical (unpaired) electrons. The lowest BCUT2D eigenvalue weighted by molar-refractivity contribution is -0.143. The second-order valence-corrected chi connectivity index (χ2v) is 5.98. The van der Waals surface area contributed by atoms with Crippen LogP contribution >= 0.6 is 0 Å². The zero-order valence-corrected chi connectivity index (χ0v) is 17.0. The Morgan fingerprint density at radius 3 is 2.30 bits per heavy atom. The Balaban J connectivity index is 1.65. The molecule has 2 aromatic heterocycles. The molecule has 2 heterocycles. The maximum absolute atomic E-state index is 12.1. The molecule has 3 rings (SSSR count). The van der Waals surface area contributed by atoms with Gasteiger partial charge >= 0.3 is 5.97 Å². The number of anilines is 1. The van der Waals surface area contributed by atoms with Crippen molar-refractivity contribution in [3.63, 3.8) is 0 Å². The highest BCUT2D eigenvalue weighted by molar-refractivity contribution is 5.74. The smallest absolute Gasteiger partial charge is 0.326 e. The van der Waals surface area contributed by atoms with Crippen molar-refractivity contribution in [3.8, 4) is 28.7 Å². The third kappa shape index (κ3) is 4.74. The Hall–Kier alpha value is -3.89. The Morgan fingerprint density at radius 1 is 1.03 bits per heavy atom. The number of methoxy groups -OCH3 is 3. The summed E-state index contributed by atoms with van der Waals surface area (Å²) in [4.78, 5) is 21.8. The highest BCUT2D eigenvalue weighted by Crippen LogP contribution is 2.40. The lowest BCUT2D eigenvalue weighted by Gasteiger charge is -2.14. The van der Waals surface area contributed by atoms with Gasteiger partial charge in [0.05, 0.1) is 21.3 Å². The summed E-state index contributed by atoms with van der Waals surface area (Å²) in [5.41, 5.74) is 0.565. The van der Waals surface area contributed by atoms with Crippen molar-refractivity contribution in [1.82, 2.24) is 20.2 Å². The van der Waals surface area contributed by atoms with Gasteiger partial charge in [-0.3, -0.25) is 4.79 Å². The van der Waals surface area contributed by atoms with Gasteiger partial charge in [-0.2, -0.15) is 0 Å². The van der Waals surface area contributed by atoms with Crippen molar-refractivity contribution in [3.05, 3.63) is 36.5 Å². The van der Waals surface area contributed by atoms with Gasteiger partial charge in [0.1, 0.15) is 6.54 Å². The molecule has 3 aromatic rings. The van der Waals surface area contributed by atoms with Crippen LogP contribution in [0.1, 0.15) is 5.89 Å². The first-order chi connectivity index (χ1) is 14.5. The van der Waals surface area contributed by atoms with E-state index >= 15 is 0 Å². The van der Waals surface area contributed by atoms with Crippen molar-refractivity contribution in [1.29, 1.82) is 0 Å². The number of carbonyl (C=O) groups excluding carboxylic acids is 1. The molecule has 1 aromatic carbocycles. The molecule has 0 saturated carbocycles. The molecule has 0 fully saturated rings. The second kappa shape index (κ2) is 9.54. The van der Waals surface area contributed by atoms with E-state index in [9.17, 15) is 4.79 Å². The summed E-state index contributed by atoms with van der Waals surface area (Å²) < 4.78 is 26.7. The minimum absolute atomic E-state index is 0.0299. The molecular formula is C19H21N5O6. The first-order valence-electron chi connectivity index (χ1n) is 8.82.